The fourth-order valence-electron chi connectivity index (χ4n) is 3.10. The summed E-state index contributed by atoms with van der Waals surface area (Å²) in [6.07, 6.45) is 3.29. The van der Waals surface area contributed by atoms with Crippen molar-refractivity contribution >= 4 is 5.96 Å². The molecule has 130 valence electrons. The van der Waals surface area contributed by atoms with Gasteiger partial charge in [0.15, 0.2) is 11.8 Å². The Kier molecular flexibility index (Phi) is 6.42. The Morgan fingerprint density at radius 2 is 2.17 bits per heavy atom. The third kappa shape index (κ3) is 5.22. The number of aromatic nitrogens is 2. The fourth-order valence-corrected chi connectivity index (χ4v) is 3.10. The van der Waals surface area contributed by atoms with E-state index < -0.39 is 0 Å². The Bertz CT molecular complexity index is 509. The predicted molar refractivity (Wildman–Crippen MR) is 92.6 cm³/mol. The summed E-state index contributed by atoms with van der Waals surface area (Å²) in [5.74, 6) is 4.31. The van der Waals surface area contributed by atoms with Gasteiger partial charge in [-0.05, 0) is 24.7 Å². The molecule has 2 rings (SSSR count). The molecule has 0 saturated carbocycles. The molecule has 1 unspecified atom stereocenters. The molecule has 1 aliphatic rings. The smallest absolute Gasteiger partial charge is 0.228 e. The van der Waals surface area contributed by atoms with Crippen molar-refractivity contribution in [2.45, 2.75) is 52.9 Å². The minimum absolute atomic E-state index is 0.302. The third-order valence-corrected chi connectivity index (χ3v) is 4.22. The zero-order valence-electron chi connectivity index (χ0n) is 15.2. The van der Waals surface area contributed by atoms with Crippen LogP contribution >= 0.6 is 0 Å². The van der Waals surface area contributed by atoms with Crippen LogP contribution in [0.25, 0.3) is 0 Å². The lowest BCUT2D eigenvalue weighted by atomic mass is 9.97. The molecule has 0 radical (unpaired) electrons. The largest absolute Gasteiger partial charge is 0.356 e. The van der Waals surface area contributed by atoms with Crippen molar-refractivity contribution in [2.24, 2.45) is 16.8 Å². The highest BCUT2D eigenvalue weighted by atomic mass is 16.5. The highest BCUT2D eigenvalue weighted by Crippen LogP contribution is 2.23. The van der Waals surface area contributed by atoms with Gasteiger partial charge in [0.2, 0.25) is 5.89 Å². The topological polar surface area (TPSA) is 66.5 Å². The van der Waals surface area contributed by atoms with Crippen molar-refractivity contribution < 1.29 is 4.52 Å². The van der Waals surface area contributed by atoms with Gasteiger partial charge in [0.05, 0.1) is 0 Å². The number of nitrogens with zero attached hydrogens (tertiary/aromatic N) is 4. The van der Waals surface area contributed by atoms with Crippen LogP contribution in [0.2, 0.25) is 0 Å². The second kappa shape index (κ2) is 8.31. The van der Waals surface area contributed by atoms with Crippen LogP contribution in [0.5, 0.6) is 0 Å². The predicted octanol–water partition coefficient (Wildman–Crippen LogP) is 2.68. The van der Waals surface area contributed by atoms with E-state index in [2.05, 4.69) is 53.0 Å². The molecule has 0 aliphatic carbocycles. The van der Waals surface area contributed by atoms with Crippen molar-refractivity contribution in [3.8, 4) is 0 Å². The number of guanidine groups is 1. The van der Waals surface area contributed by atoms with Crippen LogP contribution in [0, 0.1) is 11.8 Å². The molecule has 1 atom stereocenters. The van der Waals surface area contributed by atoms with Gasteiger partial charge in [0.1, 0.15) is 0 Å². The van der Waals surface area contributed by atoms with E-state index in [0.717, 1.165) is 49.7 Å². The van der Waals surface area contributed by atoms with Gasteiger partial charge in [-0.25, -0.2) is 0 Å². The number of hydrogen-bond donors (Lipinski definition) is 1. The summed E-state index contributed by atoms with van der Waals surface area (Å²) in [5.41, 5.74) is 0. The maximum absolute atomic E-state index is 5.27. The normalized spacial score (nSPS) is 19.2. The summed E-state index contributed by atoms with van der Waals surface area (Å²) >= 11 is 0. The molecule has 2 heterocycles. The monoisotopic (exact) mass is 321 g/mol. The van der Waals surface area contributed by atoms with Gasteiger partial charge < -0.3 is 14.7 Å². The van der Waals surface area contributed by atoms with E-state index in [0.29, 0.717) is 11.8 Å². The third-order valence-electron chi connectivity index (χ3n) is 4.22. The summed E-state index contributed by atoms with van der Waals surface area (Å²) in [7, 11) is 1.85. The van der Waals surface area contributed by atoms with E-state index in [1.54, 1.807) is 0 Å². The van der Waals surface area contributed by atoms with Crippen molar-refractivity contribution in [1.82, 2.24) is 20.4 Å². The lowest BCUT2D eigenvalue weighted by Gasteiger charge is -2.21. The molecule has 23 heavy (non-hydrogen) atoms. The lowest BCUT2D eigenvalue weighted by Crippen LogP contribution is -2.41. The zero-order valence-corrected chi connectivity index (χ0v) is 15.2. The lowest BCUT2D eigenvalue weighted by molar-refractivity contribution is 0.369. The number of likely N-dealkylation sites (tertiary alicyclic amines) is 1. The first-order valence-electron chi connectivity index (χ1n) is 8.77. The average Bonchev–Trinajstić information content (AvgIpc) is 3.12. The molecule has 0 bridgehead atoms. The molecule has 0 amide bonds. The molecule has 1 saturated heterocycles. The molecule has 1 fully saturated rings. The van der Waals surface area contributed by atoms with E-state index in [-0.39, 0.29) is 0 Å². The SMILES string of the molecule is CN=C(NCCc1nc(C(C)C)no1)N1CCC(CC(C)C)C1. The molecule has 1 N–H and O–H groups in total. The second-order valence-electron chi connectivity index (χ2n) is 7.16. The maximum Gasteiger partial charge on any atom is 0.228 e. The number of aliphatic imine (C=N–C) groups is 1. The van der Waals surface area contributed by atoms with Gasteiger partial charge in [0, 0.05) is 39.0 Å². The molecule has 0 spiro atoms. The van der Waals surface area contributed by atoms with Gasteiger partial charge in [-0.15, -0.1) is 0 Å². The molecular weight excluding hydrogens is 290 g/mol. The molecular formula is C17H31N5O. The number of nitrogens with one attached hydrogen (secondary N) is 1. The maximum atomic E-state index is 5.27. The first kappa shape index (κ1) is 17.8. The molecule has 0 aromatic carbocycles. The van der Waals surface area contributed by atoms with Crippen LogP contribution in [0.1, 0.15) is 58.2 Å². The quantitative estimate of drug-likeness (QED) is 0.644. The fraction of sp³-hybridized carbons (Fsp3) is 0.824. The Labute approximate surface area is 139 Å². The van der Waals surface area contributed by atoms with Gasteiger partial charge in [-0.2, -0.15) is 4.98 Å². The van der Waals surface area contributed by atoms with Crippen LogP contribution in [-0.4, -0.2) is 47.7 Å². The Balaban J connectivity index is 1.77. The van der Waals surface area contributed by atoms with E-state index in [9.17, 15) is 0 Å². The van der Waals surface area contributed by atoms with Crippen molar-refractivity contribution in [2.75, 3.05) is 26.7 Å². The summed E-state index contributed by atoms with van der Waals surface area (Å²) < 4.78 is 5.27. The van der Waals surface area contributed by atoms with Gasteiger partial charge in [0.25, 0.3) is 0 Å². The van der Waals surface area contributed by atoms with Crippen molar-refractivity contribution in [3.63, 3.8) is 0 Å². The average molecular weight is 321 g/mol. The number of rotatable bonds is 6. The van der Waals surface area contributed by atoms with Crippen LogP contribution in [0.4, 0.5) is 0 Å². The van der Waals surface area contributed by atoms with Crippen LogP contribution in [0.15, 0.2) is 9.52 Å². The summed E-state index contributed by atoms with van der Waals surface area (Å²) in [6.45, 7) is 11.7. The van der Waals surface area contributed by atoms with E-state index in [4.69, 9.17) is 4.52 Å². The van der Waals surface area contributed by atoms with Crippen LogP contribution < -0.4 is 5.32 Å². The van der Waals surface area contributed by atoms with E-state index in [1.165, 1.54) is 12.8 Å². The molecule has 6 nitrogen and oxygen atoms in total. The summed E-state index contributed by atoms with van der Waals surface area (Å²) in [5, 5.41) is 7.41. The number of hydrogen-bond acceptors (Lipinski definition) is 4. The Morgan fingerprint density at radius 3 is 2.78 bits per heavy atom. The minimum atomic E-state index is 0.302. The van der Waals surface area contributed by atoms with Gasteiger partial charge >= 0.3 is 0 Å². The van der Waals surface area contributed by atoms with Gasteiger partial charge in [-0.1, -0.05) is 32.9 Å². The molecule has 1 aliphatic heterocycles. The van der Waals surface area contributed by atoms with E-state index in [1.807, 2.05) is 7.05 Å². The van der Waals surface area contributed by atoms with Crippen LogP contribution in [0.3, 0.4) is 0 Å². The zero-order chi connectivity index (χ0) is 16.8. The second-order valence-corrected chi connectivity index (χ2v) is 7.16. The van der Waals surface area contributed by atoms with E-state index >= 15 is 0 Å². The Morgan fingerprint density at radius 1 is 1.39 bits per heavy atom. The minimum Gasteiger partial charge on any atom is -0.356 e. The standard InChI is InChI=1S/C17H31N5O/c1-12(2)10-14-7-9-22(11-14)17(18-5)19-8-6-15-20-16(13(3)4)21-23-15/h12-14H,6-11H2,1-5H3,(H,18,19). The summed E-state index contributed by atoms with van der Waals surface area (Å²) in [6, 6.07) is 0. The first-order valence-corrected chi connectivity index (χ1v) is 8.77. The first-order chi connectivity index (χ1) is 11.0. The Hall–Kier alpha value is -1.59. The summed E-state index contributed by atoms with van der Waals surface area (Å²) in [4.78, 5) is 11.2. The molecule has 1 aromatic heterocycles. The van der Waals surface area contributed by atoms with Gasteiger partial charge in [-0.3, -0.25) is 4.99 Å². The van der Waals surface area contributed by atoms with Crippen molar-refractivity contribution in [3.05, 3.63) is 11.7 Å². The molecule has 6 heteroatoms. The highest BCUT2D eigenvalue weighted by Gasteiger charge is 2.25. The highest BCUT2D eigenvalue weighted by molar-refractivity contribution is 5.80. The van der Waals surface area contributed by atoms with Crippen LogP contribution in [-0.2, 0) is 6.42 Å². The molecule has 1 aromatic rings. The van der Waals surface area contributed by atoms with Crippen molar-refractivity contribution in [1.29, 1.82) is 0 Å².